The molecule has 9 N–H and O–H groups in total. The molecule has 744 valence electrons. The molecule has 4 saturated heterocycles. The van der Waals surface area contributed by atoms with E-state index in [-0.39, 0.29) is 98.5 Å². The first-order chi connectivity index (χ1) is 69.0. The van der Waals surface area contributed by atoms with Crippen molar-refractivity contribution in [2.75, 3.05) is 60.8 Å². The molecule has 18 atom stereocenters. The van der Waals surface area contributed by atoms with E-state index >= 15 is 4.39 Å². The molecule has 139 heavy (non-hydrogen) atoms. The van der Waals surface area contributed by atoms with Crippen molar-refractivity contribution in [1.82, 2.24) is 82.7 Å². The third-order valence-corrected chi connectivity index (χ3v) is 25.6. The van der Waals surface area contributed by atoms with Gasteiger partial charge in [-0.25, -0.2) is 56.5 Å². The molecule has 0 radical (unpaired) electrons. The predicted molar refractivity (Wildman–Crippen MR) is 512 cm³/mol. The van der Waals surface area contributed by atoms with Gasteiger partial charge in [0.25, 0.3) is 31.5 Å². The molecule has 0 saturated carbocycles. The van der Waals surface area contributed by atoms with Crippen LogP contribution in [-0.4, -0.2) is 234 Å². The van der Waals surface area contributed by atoms with E-state index in [1.165, 1.54) is 12.7 Å². The topological polar surface area (TPSA) is 539 Å². The predicted octanol–water partition coefficient (Wildman–Crippen LogP) is 14.1. The summed E-state index contributed by atoms with van der Waals surface area (Å²) in [6.45, 7) is 32.8. The Balaban J connectivity index is 0.000000258. The molecule has 4 aliphatic heterocycles. The SMILES string of the molecule is CC(C)C(=O)Nc1nc2c(ncn2[C@@H]2O[C@H](CO)[C@@H](F)[C@H]2O[P+](=O)O)c(=O)[nH]1.[2H][2H].[3H][3H].[C-]#[N+]CCOP(OC[C@H]1O[C@@H](n2cnc3c(=O)[nH]c(NC(=O)C(C)C)nc32)[C@H](O[P+](=O)O)[C@@H]1F)O[C@H]1C[C@H](n2ccc3c(NC(=O)c4ccccc4)ncnc32)O[C@@H]1CC.[C-]#[N+]CCOP(O[C@H]1C[C@H](n2ccc3c(NC(=O)c4ccccc4)ncnc32)O[C@@H]1CC)N(C(C)C)C(C)C.[HH].[HH].c1ccncc1.c1ccncc1. The summed E-state index contributed by atoms with van der Waals surface area (Å²) in [7, 11) is -10.1. The minimum absolute atomic E-state index is 0. The number of nitrogens with one attached hydrogen (secondary N) is 6. The van der Waals surface area contributed by atoms with Gasteiger partial charge in [0.2, 0.25) is 36.8 Å². The molecule has 51 heteroatoms. The monoisotopic (exact) mass is 2010 g/mol. The van der Waals surface area contributed by atoms with Crippen LogP contribution in [0.5, 0.6) is 0 Å². The van der Waals surface area contributed by atoms with E-state index in [9.17, 15) is 52.3 Å². The van der Waals surface area contributed by atoms with Crippen molar-refractivity contribution in [2.45, 2.75) is 193 Å². The normalized spacial score (nSPS) is 21.7. The minimum Gasteiger partial charge on any atom is -0.394 e. The highest BCUT2D eigenvalue weighted by Crippen LogP contribution is 2.52. The van der Waals surface area contributed by atoms with E-state index in [0.29, 0.717) is 71.9 Å². The van der Waals surface area contributed by atoms with E-state index < -0.39 is 143 Å². The number of aromatic nitrogens is 16. The molecule has 10 aromatic heterocycles. The zero-order valence-corrected chi connectivity index (χ0v) is 80.5. The lowest BCUT2D eigenvalue weighted by Crippen LogP contribution is -2.35. The van der Waals surface area contributed by atoms with Gasteiger partial charge in [-0.1, -0.05) is 90.1 Å². The molecule has 12 aromatic rings. The largest absolute Gasteiger partial charge is 0.695 e. The maximum Gasteiger partial charge on any atom is 0.695 e. The number of aliphatic hydroxyl groups is 1. The average Bonchev–Trinajstić information content (AvgIpc) is 1.90. The molecule has 4 unspecified atom stereocenters. The number of carbonyl (C=O) groups is 4. The first-order valence-corrected chi connectivity index (χ1v) is 48.6. The summed E-state index contributed by atoms with van der Waals surface area (Å²) in [5.41, 5.74) is 0.337. The molecule has 2 aromatic carbocycles. The van der Waals surface area contributed by atoms with Gasteiger partial charge in [0.1, 0.15) is 73.5 Å². The van der Waals surface area contributed by atoms with Crippen LogP contribution in [0.1, 0.15) is 149 Å². The van der Waals surface area contributed by atoms with E-state index in [2.05, 4.69) is 130 Å². The molecule has 14 heterocycles. The summed E-state index contributed by atoms with van der Waals surface area (Å²) < 4.78 is 147. The van der Waals surface area contributed by atoms with Crippen LogP contribution in [0, 0.1) is 25.0 Å². The fourth-order valence-electron chi connectivity index (χ4n) is 14.8. The number of fused-ring (bicyclic) bond motifs is 4. The minimum atomic E-state index is -3.34. The Hall–Kier alpha value is -12.1. The first-order valence-electron chi connectivity index (χ1n) is 46.1. The Bertz CT molecular complexity index is 6250. The fourth-order valence-corrected chi connectivity index (χ4v) is 18.5. The number of benzene rings is 2. The molecule has 4 fully saturated rings. The highest BCUT2D eigenvalue weighted by Gasteiger charge is 2.54. The summed E-state index contributed by atoms with van der Waals surface area (Å²) in [6.07, 6.45) is 2.97. The Morgan fingerprint density at radius 2 is 0.993 bits per heavy atom. The van der Waals surface area contributed by atoms with Crippen LogP contribution in [0.3, 0.4) is 0 Å². The number of pyridine rings is 2. The van der Waals surface area contributed by atoms with E-state index in [1.54, 1.807) is 106 Å². The smallest absolute Gasteiger partial charge is 0.394 e. The number of aromatic amines is 2. The van der Waals surface area contributed by atoms with Gasteiger partial charge in [0, 0.05) is 103 Å². The standard InChI is InChI=1S/C36H39FN10O11P2.C28H37N6O4P.C14H17FN5O7P.2C5H5N.4H2/c1-5-22-23(15-25(55-22)46-13-11-21-29(39-17-40-30(21)46)42-33(49)20-9-7-6-8-10-20)57-60(53-14-12-38-4)54-16-24-26(37)28(58-59(51)52)35(56-24)47-18-41-27-31(47)43-36(45-34(27)50)44-32(48)19(2)3;1-7-23-24(38-39(36-16-14-29-6)34(19(2)3)20(4)5)17-25(37-23)33-15-13-22-26(30-18-31-27(22)33)32-28(35)21-11-9-8-10-12-21;1-5(2)11(22)18-14-17-10-8(12(23)19-14)16-4-20(10)13-9(27-28(24)25)7(15)6(3-21)26-13;2*1-2-4-6-5-3-1;;;;/h6-11,13,17-19,22-26,28,35H,5,12,14-16H2,1-3H3,(H3-,39,40,42,43,44,45,48,49,50,51,52);8-13,15,18-20,23-25H,7,14,16-17H2,1-5H3,(H,30,31,32,35);4-7,9,13,21H,3H2,1-2H3,(H2-,17,18,19,22,23,24,25);2*1-5H;4*1H/p+2/t22-,23+,24-,25-,26-,28-,35-,60?;23-,24+,25-,39?;6-,7-,9-,13-;;;;;;/m111....../s1/i;;;;;1+2T;1+1D;;. The van der Waals surface area contributed by atoms with Crippen LogP contribution in [0.2, 0.25) is 0 Å². The molecule has 4 amide bonds. The van der Waals surface area contributed by atoms with Crippen molar-refractivity contribution in [3.63, 3.8) is 0 Å². The number of halogens is 2. The number of amides is 4. The zero-order chi connectivity index (χ0) is 104. The number of rotatable bonds is 35. The van der Waals surface area contributed by atoms with Crippen LogP contribution < -0.4 is 32.4 Å². The lowest BCUT2D eigenvalue weighted by molar-refractivity contribution is -0.119. The second kappa shape index (κ2) is 51.1. The van der Waals surface area contributed by atoms with Crippen LogP contribution >= 0.6 is 33.6 Å². The number of aliphatic hydroxyl groups excluding tert-OH is 1. The second-order valence-electron chi connectivity index (χ2n) is 32.2. The van der Waals surface area contributed by atoms with E-state index in [1.807, 2.05) is 84.4 Å². The zero-order valence-electron chi connectivity index (χ0n) is 80.9. The number of nitrogens with zero attached hydrogens (tertiary/aromatic N) is 17. The summed E-state index contributed by atoms with van der Waals surface area (Å²) in [6, 6.07) is 33.3. The number of H-pyrrole nitrogens is 2. The van der Waals surface area contributed by atoms with E-state index in [0.717, 1.165) is 33.6 Å². The third kappa shape index (κ3) is 27.5. The van der Waals surface area contributed by atoms with Gasteiger partial charge in [-0.15, -0.1) is 18.8 Å². The van der Waals surface area contributed by atoms with E-state index in [4.69, 9.17) is 74.6 Å². The van der Waals surface area contributed by atoms with Crippen LogP contribution in [0.25, 0.3) is 54.1 Å². The Labute approximate surface area is 807 Å². The maximum atomic E-state index is 16.2. The van der Waals surface area contributed by atoms with Crippen LogP contribution in [0.4, 0.5) is 32.3 Å². The molecule has 0 bridgehead atoms. The van der Waals surface area contributed by atoms with Crippen LogP contribution in [-0.2, 0) is 69.3 Å². The lowest BCUT2D eigenvalue weighted by atomic mass is 10.1. The van der Waals surface area contributed by atoms with Gasteiger partial charge in [-0.2, -0.15) is 9.97 Å². The number of imidazole rings is 2. The Kier molecular flexibility index (Phi) is 37.8. The Morgan fingerprint density at radius 3 is 1.38 bits per heavy atom. The van der Waals surface area contributed by atoms with Gasteiger partial charge in [-0.05, 0) is 101 Å². The second-order valence-corrected chi connectivity index (χ2v) is 36.2. The number of carbonyl (C=O) groups excluding carboxylic acids is 4. The average molecular weight is 2010 g/mol. The van der Waals surface area contributed by atoms with Crippen molar-refractivity contribution in [3.05, 3.63) is 226 Å². The summed E-state index contributed by atoms with van der Waals surface area (Å²) in [4.78, 5) is 147. The van der Waals surface area contributed by atoms with Gasteiger partial charge in [0.15, 0.2) is 59.3 Å². The fraction of sp³-hybridized carbons (Fsp3) is 0.432. The van der Waals surface area contributed by atoms with Crippen molar-refractivity contribution in [3.8, 4) is 0 Å². The number of anilines is 4. The number of hydrogen-bond acceptors (Lipinski definition) is 31. The van der Waals surface area contributed by atoms with Crippen molar-refractivity contribution >= 4 is 125 Å². The van der Waals surface area contributed by atoms with Gasteiger partial charge in [-0.3, -0.25) is 68.5 Å². The molecule has 45 nitrogen and oxygen atoms in total. The van der Waals surface area contributed by atoms with Crippen LogP contribution in [0.15, 0.2) is 181 Å². The molecule has 4 aliphatic rings. The Morgan fingerprint density at radius 1 is 0.576 bits per heavy atom. The van der Waals surface area contributed by atoms with Gasteiger partial charge >= 0.3 is 25.1 Å². The number of hydrogen-bond donors (Lipinski definition) is 9. The van der Waals surface area contributed by atoms with Crippen molar-refractivity contribution < 1.29 is 111 Å². The molecule has 16 rings (SSSR count). The molecule has 0 spiro atoms. The molecule has 0 aliphatic carbocycles. The molecular formula is C88H113F2N23O22P4+2. The first kappa shape index (κ1) is 103. The highest BCUT2D eigenvalue weighted by atomic mass is 31.2. The summed E-state index contributed by atoms with van der Waals surface area (Å²) in [5.74, 6) is -1.79. The maximum absolute atomic E-state index is 16.2. The molecular weight excluding hydrogens is 1890 g/mol. The summed E-state index contributed by atoms with van der Waals surface area (Å²) >= 11 is 0. The van der Waals surface area contributed by atoms with Gasteiger partial charge in [0.05, 0.1) is 61.1 Å². The third-order valence-electron chi connectivity index (χ3n) is 21.4. The quantitative estimate of drug-likeness (QED) is 0.0101. The van der Waals surface area contributed by atoms with Gasteiger partial charge < -0.3 is 76.1 Å². The summed E-state index contributed by atoms with van der Waals surface area (Å²) in [5, 5.41) is 21.3. The van der Waals surface area contributed by atoms with Crippen molar-refractivity contribution in [1.29, 1.82) is 0 Å². The highest BCUT2D eigenvalue weighted by molar-refractivity contribution is 7.44. The number of alkyl halides is 2. The number of ether oxygens (including phenoxy) is 4. The van der Waals surface area contributed by atoms with Crippen molar-refractivity contribution in [2.24, 2.45) is 11.8 Å². The lowest BCUT2D eigenvalue weighted by Gasteiger charge is -2.37.